The van der Waals surface area contributed by atoms with Crippen LogP contribution in [0.1, 0.15) is 29.7 Å². The molecule has 7 heteroatoms. The Kier molecular flexibility index (Phi) is 4.43. The average Bonchev–Trinajstić information content (AvgIpc) is 3.55. The summed E-state index contributed by atoms with van der Waals surface area (Å²) in [7, 11) is 0. The van der Waals surface area contributed by atoms with Crippen molar-refractivity contribution in [2.75, 3.05) is 16.8 Å². The molecule has 1 N–H and O–H groups in total. The van der Waals surface area contributed by atoms with Gasteiger partial charge in [-0.2, -0.15) is 0 Å². The van der Waals surface area contributed by atoms with Crippen molar-refractivity contribution in [3.63, 3.8) is 0 Å². The molecule has 28 heavy (non-hydrogen) atoms. The molecule has 0 atom stereocenters. The monoisotopic (exact) mass is 390 g/mol. The Morgan fingerprint density at radius 1 is 1.18 bits per heavy atom. The highest BCUT2D eigenvalue weighted by atomic mass is 35.5. The molecule has 4 heterocycles. The first kappa shape index (κ1) is 17.2. The van der Waals surface area contributed by atoms with Gasteiger partial charge in [-0.1, -0.05) is 11.6 Å². The lowest BCUT2D eigenvalue weighted by Gasteiger charge is -2.29. The van der Waals surface area contributed by atoms with Gasteiger partial charge in [0.1, 0.15) is 5.82 Å². The summed E-state index contributed by atoms with van der Waals surface area (Å²) < 4.78 is 0. The van der Waals surface area contributed by atoms with Crippen molar-refractivity contribution in [3.05, 3.63) is 64.3 Å². The van der Waals surface area contributed by atoms with Crippen molar-refractivity contribution in [2.45, 2.75) is 31.8 Å². The van der Waals surface area contributed by atoms with E-state index in [4.69, 9.17) is 16.6 Å². The minimum atomic E-state index is 0.556. The first-order valence-corrected chi connectivity index (χ1v) is 9.82. The third-order valence-electron chi connectivity index (χ3n) is 5.01. The van der Waals surface area contributed by atoms with Crippen LogP contribution in [0.4, 0.5) is 11.8 Å². The molecule has 1 fully saturated rings. The number of aliphatic imine (C=N–C) groups is 1. The van der Waals surface area contributed by atoms with Gasteiger partial charge in [-0.3, -0.25) is 4.99 Å². The van der Waals surface area contributed by atoms with Gasteiger partial charge in [-0.25, -0.2) is 15.0 Å². The average molecular weight is 391 g/mol. The lowest BCUT2D eigenvalue weighted by Crippen LogP contribution is -2.32. The van der Waals surface area contributed by atoms with Crippen molar-refractivity contribution in [1.82, 2.24) is 15.0 Å². The van der Waals surface area contributed by atoms with Gasteiger partial charge in [-0.15, -0.1) is 5.73 Å². The molecule has 0 radical (unpaired) electrons. The molecule has 0 aromatic carbocycles. The van der Waals surface area contributed by atoms with Crippen LogP contribution in [-0.2, 0) is 13.0 Å². The van der Waals surface area contributed by atoms with Crippen molar-refractivity contribution < 1.29 is 0 Å². The lowest BCUT2D eigenvalue weighted by molar-refractivity contribution is 0.697. The Morgan fingerprint density at radius 3 is 3.00 bits per heavy atom. The largest absolute Gasteiger partial charge is 0.352 e. The maximum atomic E-state index is 6.40. The third-order valence-corrected chi connectivity index (χ3v) is 5.31. The molecule has 2 aliphatic heterocycles. The molecular formula is C21H19ClN6. The fourth-order valence-corrected chi connectivity index (χ4v) is 3.53. The zero-order chi connectivity index (χ0) is 18.9. The number of anilines is 2. The van der Waals surface area contributed by atoms with Gasteiger partial charge in [0.05, 0.1) is 16.4 Å². The first-order valence-electron chi connectivity index (χ1n) is 9.44. The number of allylic oxidation sites excluding steroid dienone is 2. The van der Waals surface area contributed by atoms with Crippen LogP contribution in [0.15, 0.2) is 47.4 Å². The predicted octanol–water partition coefficient (Wildman–Crippen LogP) is 3.80. The maximum Gasteiger partial charge on any atom is 0.223 e. The van der Waals surface area contributed by atoms with Gasteiger partial charge < -0.3 is 10.2 Å². The third kappa shape index (κ3) is 3.57. The molecule has 140 valence electrons. The van der Waals surface area contributed by atoms with Crippen molar-refractivity contribution >= 4 is 35.3 Å². The zero-order valence-corrected chi connectivity index (χ0v) is 16.0. The van der Waals surface area contributed by atoms with Crippen LogP contribution in [0.2, 0.25) is 5.02 Å². The van der Waals surface area contributed by atoms with Crippen LogP contribution >= 0.6 is 11.6 Å². The van der Waals surface area contributed by atoms with Crippen LogP contribution in [0.25, 0.3) is 5.70 Å². The van der Waals surface area contributed by atoms with Gasteiger partial charge in [-0.05, 0) is 37.1 Å². The van der Waals surface area contributed by atoms with Gasteiger partial charge in [0, 0.05) is 55.3 Å². The molecule has 2 aromatic heterocycles. The highest BCUT2D eigenvalue weighted by molar-refractivity contribution is 6.32. The second-order valence-electron chi connectivity index (χ2n) is 7.11. The molecule has 1 aliphatic carbocycles. The minimum absolute atomic E-state index is 0.556. The van der Waals surface area contributed by atoms with Crippen LogP contribution < -0.4 is 10.2 Å². The Morgan fingerprint density at radius 2 is 2.11 bits per heavy atom. The summed E-state index contributed by atoms with van der Waals surface area (Å²) in [5.74, 6) is 1.63. The summed E-state index contributed by atoms with van der Waals surface area (Å²) in [6.45, 7) is 1.58. The van der Waals surface area contributed by atoms with E-state index in [1.165, 1.54) is 12.8 Å². The van der Waals surface area contributed by atoms with Crippen molar-refractivity contribution in [1.29, 1.82) is 0 Å². The molecule has 3 aliphatic rings. The fraction of sp³-hybridized carbons (Fsp3) is 0.286. The molecule has 6 nitrogen and oxygen atoms in total. The molecular weight excluding hydrogens is 372 g/mol. The normalized spacial score (nSPS) is 17.9. The highest BCUT2D eigenvalue weighted by Crippen LogP contribution is 2.30. The summed E-state index contributed by atoms with van der Waals surface area (Å²) in [5.41, 5.74) is 6.94. The number of hydrogen-bond acceptors (Lipinski definition) is 6. The number of hydrogen-bond donors (Lipinski definition) is 1. The van der Waals surface area contributed by atoms with Crippen LogP contribution in [0, 0.1) is 0 Å². The van der Waals surface area contributed by atoms with E-state index in [9.17, 15) is 0 Å². The van der Waals surface area contributed by atoms with E-state index in [1.807, 2.05) is 24.4 Å². The number of nitrogens with zero attached hydrogens (tertiary/aromatic N) is 5. The van der Waals surface area contributed by atoms with Gasteiger partial charge in [0.2, 0.25) is 5.95 Å². The second-order valence-corrected chi connectivity index (χ2v) is 7.52. The lowest BCUT2D eigenvalue weighted by atomic mass is 10.1. The number of fused-ring (bicyclic) bond motifs is 1. The summed E-state index contributed by atoms with van der Waals surface area (Å²) in [6.07, 6.45) is 14.1. The van der Waals surface area contributed by atoms with Crippen molar-refractivity contribution in [3.8, 4) is 0 Å². The number of rotatable bonds is 4. The van der Waals surface area contributed by atoms with E-state index in [-0.39, 0.29) is 0 Å². The summed E-state index contributed by atoms with van der Waals surface area (Å²) in [4.78, 5) is 20.4. The molecule has 1 saturated carbocycles. The van der Waals surface area contributed by atoms with E-state index in [0.717, 1.165) is 53.8 Å². The number of halogens is 1. The van der Waals surface area contributed by atoms with Crippen molar-refractivity contribution in [2.24, 2.45) is 4.99 Å². The number of pyridine rings is 1. The molecule has 5 rings (SSSR count). The summed E-state index contributed by atoms with van der Waals surface area (Å²) >= 11 is 6.40. The van der Waals surface area contributed by atoms with E-state index in [1.54, 1.807) is 18.5 Å². The molecule has 0 amide bonds. The van der Waals surface area contributed by atoms with E-state index in [0.29, 0.717) is 11.1 Å². The van der Waals surface area contributed by atoms with Crippen LogP contribution in [0.5, 0.6) is 0 Å². The van der Waals surface area contributed by atoms with Gasteiger partial charge in [0.15, 0.2) is 0 Å². The molecule has 0 saturated heterocycles. The topological polar surface area (TPSA) is 66.3 Å². The summed E-state index contributed by atoms with van der Waals surface area (Å²) in [6, 6.07) is 2.56. The molecule has 0 spiro atoms. The fourth-order valence-electron chi connectivity index (χ4n) is 3.33. The maximum absolute atomic E-state index is 6.40. The smallest absolute Gasteiger partial charge is 0.223 e. The Bertz CT molecular complexity index is 1050. The first-order chi connectivity index (χ1) is 13.8. The minimum Gasteiger partial charge on any atom is -0.352 e. The second kappa shape index (κ2) is 7.23. The highest BCUT2D eigenvalue weighted by Gasteiger charge is 2.24. The number of aromatic nitrogens is 3. The predicted molar refractivity (Wildman–Crippen MR) is 112 cm³/mol. The van der Waals surface area contributed by atoms with E-state index in [2.05, 4.69) is 30.9 Å². The quantitative estimate of drug-likeness (QED) is 0.804. The SMILES string of the molecule is Clc1cnc(N2CCc3nc(NC4CC4)ncc3C2)cc1C1=CC=C=CC=N1. The van der Waals surface area contributed by atoms with E-state index >= 15 is 0 Å². The number of nitrogens with one attached hydrogen (secondary N) is 1. The Hall–Kier alpha value is -2.95. The van der Waals surface area contributed by atoms with Crippen LogP contribution in [-0.4, -0.2) is 33.8 Å². The molecule has 0 bridgehead atoms. The van der Waals surface area contributed by atoms with Gasteiger partial charge >= 0.3 is 0 Å². The van der Waals surface area contributed by atoms with E-state index < -0.39 is 0 Å². The molecule has 2 aromatic rings. The Labute approximate surface area is 168 Å². The van der Waals surface area contributed by atoms with Crippen LogP contribution in [0.3, 0.4) is 0 Å². The summed E-state index contributed by atoms with van der Waals surface area (Å²) in [5, 5.41) is 3.95. The molecule has 0 unspecified atom stereocenters. The zero-order valence-electron chi connectivity index (χ0n) is 15.3. The Balaban J connectivity index is 1.39. The standard InChI is InChI=1S/C21H19ClN6/c22-17-12-24-20(10-16(17)19-4-2-1-3-8-23-19)28-9-7-18-14(13-28)11-25-21(27-18)26-15-5-6-15/h2-4,8,10-12,15H,5-7,9,13H2,(H,25,26,27). The van der Waals surface area contributed by atoms with Gasteiger partial charge in [0.25, 0.3) is 0 Å².